The average molecular weight is 837 g/mol. The lowest BCUT2D eigenvalue weighted by atomic mass is 10.1. The molecule has 21 heteroatoms. The van der Waals surface area contributed by atoms with Crippen LogP contribution in [0.5, 0.6) is 0 Å². The number of imide groups is 1. The fourth-order valence-electron chi connectivity index (χ4n) is 5.18. The predicted octanol–water partition coefficient (Wildman–Crippen LogP) is -2.18. The molecule has 1 saturated heterocycles. The molecule has 2 unspecified atom stereocenters. The van der Waals surface area contributed by atoms with Gasteiger partial charge in [0.2, 0.25) is 41.4 Å². The molecule has 0 aromatic heterocycles. The van der Waals surface area contributed by atoms with Crippen molar-refractivity contribution in [3.05, 3.63) is 0 Å². The van der Waals surface area contributed by atoms with Crippen LogP contribution in [0.15, 0.2) is 0 Å². The summed E-state index contributed by atoms with van der Waals surface area (Å²) in [5.41, 5.74) is 4.48. The summed E-state index contributed by atoms with van der Waals surface area (Å²) in [6.45, 7) is 4.59. The number of unbranched alkanes of at least 4 members (excludes halogenated alkanes) is 3. The van der Waals surface area contributed by atoms with E-state index in [1.54, 1.807) is 13.8 Å². The monoisotopic (exact) mass is 836 g/mol. The number of thioether (sulfide) groups is 1. The van der Waals surface area contributed by atoms with Crippen LogP contribution in [0.4, 0.5) is 0 Å². The number of aliphatic hydroxyl groups is 3. The lowest BCUT2D eigenvalue weighted by molar-refractivity contribution is -0.138. The van der Waals surface area contributed by atoms with Gasteiger partial charge in [-0.3, -0.25) is 38.5 Å². The quantitative estimate of drug-likeness (QED) is 0.0191. The fourth-order valence-corrected chi connectivity index (χ4v) is 6.32. The van der Waals surface area contributed by atoms with E-state index in [1.165, 1.54) is 16.7 Å². The van der Waals surface area contributed by atoms with Gasteiger partial charge in [0.05, 0.1) is 50.4 Å². The molecule has 57 heavy (non-hydrogen) atoms. The Morgan fingerprint density at radius 2 is 1.53 bits per heavy atom. The lowest BCUT2D eigenvalue weighted by Crippen LogP contribution is -2.49. The van der Waals surface area contributed by atoms with Gasteiger partial charge in [0.15, 0.2) is 6.29 Å². The third kappa shape index (κ3) is 26.2. The van der Waals surface area contributed by atoms with Crippen LogP contribution >= 0.6 is 11.8 Å². The zero-order valence-electron chi connectivity index (χ0n) is 33.3. The highest BCUT2D eigenvalue weighted by Gasteiger charge is 2.38. The van der Waals surface area contributed by atoms with Crippen molar-refractivity contribution in [3.8, 4) is 0 Å². The Hall–Kier alpha value is -3.44. The van der Waals surface area contributed by atoms with Gasteiger partial charge in [0.25, 0.3) is 0 Å². The number of nitrogens with zero attached hydrogens (tertiary/aromatic N) is 1. The van der Waals surface area contributed by atoms with E-state index in [4.69, 9.17) is 40.0 Å². The summed E-state index contributed by atoms with van der Waals surface area (Å²) in [5.74, 6) is -2.12. The predicted molar refractivity (Wildman–Crippen MR) is 207 cm³/mol. The van der Waals surface area contributed by atoms with Crippen molar-refractivity contribution in [2.45, 2.75) is 101 Å². The third-order valence-electron chi connectivity index (χ3n) is 8.36. The zero-order valence-corrected chi connectivity index (χ0v) is 34.1. The first-order valence-electron chi connectivity index (χ1n) is 19.3. The first kappa shape index (κ1) is 51.6. The number of aliphatic hydroxyl groups excluding tert-OH is 2. The number of amides is 7. The van der Waals surface area contributed by atoms with E-state index in [-0.39, 0.29) is 95.7 Å². The van der Waals surface area contributed by atoms with Crippen LogP contribution in [0.2, 0.25) is 0 Å². The largest absolute Gasteiger partial charge is 0.396 e. The summed E-state index contributed by atoms with van der Waals surface area (Å²) in [6.07, 6.45) is 2.27. The van der Waals surface area contributed by atoms with E-state index in [9.17, 15) is 33.6 Å². The number of carbonyl (C=O) groups excluding carboxylic acids is 7. The van der Waals surface area contributed by atoms with Crippen molar-refractivity contribution in [2.24, 2.45) is 5.73 Å². The highest BCUT2D eigenvalue weighted by atomic mass is 32.2. The standard InChI is InChI=1S/C36H64N6O14S/c1-36(2,11-15-43)56-25-30(46)38-12-6-5-8-26(34(51)40-23-33(49)50)41-31(47)24-55-20-19-54-18-17-53-16-13-39-29(45)9-4-3-7-14-42-32(48)22-27(35(42)52)57-21-10-28(37)44/h26-27,33,43,49-50H,3-25H2,1-2H3,(H2,37,44)(H,38,46)(H,39,45)(H,40,51)(H,41,47). The summed E-state index contributed by atoms with van der Waals surface area (Å²) in [7, 11) is 0. The molecule has 0 bridgehead atoms. The van der Waals surface area contributed by atoms with E-state index < -0.39 is 47.4 Å². The number of primary amides is 1. The van der Waals surface area contributed by atoms with Gasteiger partial charge < -0.3 is 61.3 Å². The van der Waals surface area contributed by atoms with Crippen LogP contribution in [-0.2, 0) is 52.5 Å². The molecule has 0 radical (unpaired) electrons. The Balaban J connectivity index is 2.11. The topological polar surface area (TPSA) is 294 Å². The number of hydrogen-bond acceptors (Lipinski definition) is 15. The molecule has 0 saturated carbocycles. The average Bonchev–Trinajstić information content (AvgIpc) is 3.41. The minimum absolute atomic E-state index is 0.0594. The summed E-state index contributed by atoms with van der Waals surface area (Å²) in [5, 5.41) is 37.2. The van der Waals surface area contributed by atoms with Crippen molar-refractivity contribution in [3.63, 3.8) is 0 Å². The molecule has 20 nitrogen and oxygen atoms in total. The third-order valence-corrected chi connectivity index (χ3v) is 9.57. The van der Waals surface area contributed by atoms with E-state index in [2.05, 4.69) is 21.3 Å². The summed E-state index contributed by atoms with van der Waals surface area (Å²) < 4.78 is 21.7. The number of likely N-dealkylation sites (tertiary alicyclic amines) is 1. The van der Waals surface area contributed by atoms with Gasteiger partial charge in [-0.15, -0.1) is 11.8 Å². The highest BCUT2D eigenvalue weighted by molar-refractivity contribution is 8.00. The van der Waals surface area contributed by atoms with Crippen LogP contribution in [0.25, 0.3) is 0 Å². The molecule has 328 valence electrons. The molecule has 9 N–H and O–H groups in total. The van der Waals surface area contributed by atoms with E-state index in [0.29, 0.717) is 70.3 Å². The molecular formula is C36H64N6O14S. The maximum absolute atomic E-state index is 12.5. The number of rotatable bonds is 35. The molecular weight excluding hydrogens is 772 g/mol. The Kier molecular flexibility index (Phi) is 27.7. The van der Waals surface area contributed by atoms with E-state index >= 15 is 0 Å². The lowest BCUT2D eigenvalue weighted by Gasteiger charge is -2.23. The molecule has 0 aliphatic carbocycles. The van der Waals surface area contributed by atoms with Gasteiger partial charge in [-0.2, -0.15) is 0 Å². The molecule has 1 aliphatic rings. The van der Waals surface area contributed by atoms with Crippen LogP contribution in [0.1, 0.15) is 78.1 Å². The summed E-state index contributed by atoms with van der Waals surface area (Å²) in [6, 6.07) is -0.969. The van der Waals surface area contributed by atoms with E-state index in [0.717, 1.165) is 0 Å². The second-order valence-electron chi connectivity index (χ2n) is 13.8. The smallest absolute Gasteiger partial charge is 0.246 e. The number of ether oxygens (including phenoxy) is 4. The molecule has 0 aromatic carbocycles. The summed E-state index contributed by atoms with van der Waals surface area (Å²) >= 11 is 1.27. The molecule has 0 aromatic rings. The second-order valence-corrected chi connectivity index (χ2v) is 15.1. The van der Waals surface area contributed by atoms with Crippen molar-refractivity contribution in [1.82, 2.24) is 26.2 Å². The van der Waals surface area contributed by atoms with Crippen LogP contribution in [0.3, 0.4) is 0 Å². The maximum atomic E-state index is 12.5. The number of hydrogen-bond donors (Lipinski definition) is 8. The minimum Gasteiger partial charge on any atom is -0.396 e. The van der Waals surface area contributed by atoms with Crippen molar-refractivity contribution >= 4 is 53.1 Å². The van der Waals surface area contributed by atoms with E-state index in [1.807, 2.05) is 0 Å². The maximum Gasteiger partial charge on any atom is 0.246 e. The molecule has 0 spiro atoms. The number of carbonyl (C=O) groups is 7. The van der Waals surface area contributed by atoms with Crippen molar-refractivity contribution in [2.75, 3.05) is 84.8 Å². The minimum atomic E-state index is -1.76. The first-order valence-corrected chi connectivity index (χ1v) is 20.4. The Morgan fingerprint density at radius 3 is 2.21 bits per heavy atom. The van der Waals surface area contributed by atoms with Crippen LogP contribution in [0, 0.1) is 0 Å². The second kappa shape index (κ2) is 30.6. The fraction of sp³-hybridized carbons (Fsp3) is 0.806. The van der Waals surface area contributed by atoms with Gasteiger partial charge in [-0.05, 0) is 52.4 Å². The SMILES string of the molecule is CC(C)(CCO)OCC(=O)NCCCCC(NC(=O)COCCOCCOCCNC(=O)CCCCCN1C(=O)CC(SCCC(N)=O)C1=O)C(=O)NCC(O)O. The van der Waals surface area contributed by atoms with Crippen LogP contribution in [-0.4, -0.2) is 170 Å². The molecule has 1 heterocycles. The van der Waals surface area contributed by atoms with Gasteiger partial charge in [0, 0.05) is 51.3 Å². The van der Waals surface area contributed by atoms with Crippen LogP contribution < -0.4 is 27.0 Å². The Bertz CT molecular complexity index is 1240. The molecule has 1 rings (SSSR count). The summed E-state index contributed by atoms with van der Waals surface area (Å²) in [4.78, 5) is 85.9. The highest BCUT2D eigenvalue weighted by Crippen LogP contribution is 2.26. The Labute approximate surface area is 338 Å². The van der Waals surface area contributed by atoms with Crippen molar-refractivity contribution < 1.29 is 67.8 Å². The zero-order chi connectivity index (χ0) is 42.5. The molecule has 1 fully saturated rings. The van der Waals surface area contributed by atoms with Gasteiger partial charge >= 0.3 is 0 Å². The number of nitrogens with two attached hydrogens (primary N) is 1. The van der Waals surface area contributed by atoms with Gasteiger partial charge in [-0.1, -0.05) is 6.42 Å². The van der Waals surface area contributed by atoms with Gasteiger partial charge in [0.1, 0.15) is 19.3 Å². The first-order chi connectivity index (χ1) is 27.1. The molecule has 2 atom stereocenters. The van der Waals surface area contributed by atoms with Gasteiger partial charge in [-0.25, -0.2) is 0 Å². The van der Waals surface area contributed by atoms with Crippen molar-refractivity contribution in [1.29, 1.82) is 0 Å². The molecule has 7 amide bonds. The Morgan fingerprint density at radius 1 is 0.842 bits per heavy atom. The normalized spacial score (nSPS) is 14.8. The number of nitrogens with one attached hydrogen (secondary N) is 4. The molecule has 1 aliphatic heterocycles.